The van der Waals surface area contributed by atoms with Crippen LogP contribution in [-0.2, 0) is 9.63 Å². The summed E-state index contributed by atoms with van der Waals surface area (Å²) in [5, 5.41) is 8.28. The zero-order chi connectivity index (χ0) is 31.8. The fourth-order valence-corrected chi connectivity index (χ4v) is 6.84. The quantitative estimate of drug-likeness (QED) is 0.293. The summed E-state index contributed by atoms with van der Waals surface area (Å²) in [5.74, 6) is 0.871. The van der Waals surface area contributed by atoms with E-state index in [1.54, 1.807) is 24.3 Å². The van der Waals surface area contributed by atoms with Crippen LogP contribution in [-0.4, -0.2) is 90.7 Å². The number of nitrogens with one attached hydrogen (secondary N) is 2. The number of amides is 1. The molecule has 2 N–H and O–H groups in total. The maximum Gasteiger partial charge on any atom is 0.247 e. The Morgan fingerprint density at radius 1 is 1.02 bits per heavy atom. The Bertz CT molecular complexity index is 1590. The summed E-state index contributed by atoms with van der Waals surface area (Å²) in [6.07, 6.45) is 6.03. The smallest absolute Gasteiger partial charge is 0.247 e. The SMILES string of the molecule is C=CC(=O)Nc1cc(Nc2cc(N3OCCC3c3cc(F)cc(Cl)c3)ncn2)c(OC)cc1N1CC(N2CCN(C3CC3)CC2)C1. The number of carbonyl (C=O) groups excluding carboxylic acids is 1. The van der Waals surface area contributed by atoms with Gasteiger partial charge in [0.2, 0.25) is 5.91 Å². The molecule has 1 amide bonds. The minimum Gasteiger partial charge on any atom is -0.494 e. The Hall–Kier alpha value is -3.97. The summed E-state index contributed by atoms with van der Waals surface area (Å²) in [6.45, 7) is 10.3. The van der Waals surface area contributed by atoms with E-state index in [0.29, 0.717) is 58.4 Å². The molecule has 1 aromatic heterocycles. The van der Waals surface area contributed by atoms with E-state index in [4.69, 9.17) is 21.2 Å². The third kappa shape index (κ3) is 6.48. The van der Waals surface area contributed by atoms with Crippen molar-refractivity contribution >= 4 is 46.2 Å². The van der Waals surface area contributed by atoms with Gasteiger partial charge in [0.1, 0.15) is 23.7 Å². The molecule has 0 bridgehead atoms. The molecule has 1 unspecified atom stereocenters. The van der Waals surface area contributed by atoms with Crippen LogP contribution in [0.25, 0.3) is 0 Å². The zero-order valence-electron chi connectivity index (χ0n) is 25.8. The van der Waals surface area contributed by atoms with Crippen molar-refractivity contribution in [3.63, 3.8) is 0 Å². The number of halogens is 2. The van der Waals surface area contributed by atoms with Crippen LogP contribution in [0.15, 0.2) is 55.4 Å². The van der Waals surface area contributed by atoms with Crippen molar-refractivity contribution in [1.29, 1.82) is 0 Å². The first-order valence-electron chi connectivity index (χ1n) is 15.7. The molecular formula is C33H38ClFN8O3. The van der Waals surface area contributed by atoms with E-state index in [1.807, 2.05) is 12.1 Å². The molecule has 4 aliphatic rings. The van der Waals surface area contributed by atoms with Gasteiger partial charge in [-0.3, -0.25) is 19.4 Å². The molecule has 46 heavy (non-hydrogen) atoms. The van der Waals surface area contributed by atoms with Crippen LogP contribution in [0.5, 0.6) is 5.75 Å². The third-order valence-corrected chi connectivity index (χ3v) is 9.43. The number of benzene rings is 2. The van der Waals surface area contributed by atoms with Gasteiger partial charge in [0.15, 0.2) is 5.82 Å². The number of carbonyl (C=O) groups is 1. The highest BCUT2D eigenvalue weighted by atomic mass is 35.5. The normalized spacial score (nSPS) is 20.8. The molecule has 0 spiro atoms. The van der Waals surface area contributed by atoms with E-state index in [-0.39, 0.29) is 11.9 Å². The summed E-state index contributed by atoms with van der Waals surface area (Å²) in [4.78, 5) is 34.7. The van der Waals surface area contributed by atoms with Crippen molar-refractivity contribution in [2.24, 2.45) is 0 Å². The van der Waals surface area contributed by atoms with Gasteiger partial charge >= 0.3 is 0 Å². The van der Waals surface area contributed by atoms with Crippen LogP contribution in [0.3, 0.4) is 0 Å². The topological polar surface area (TPSA) is 98.3 Å². The predicted octanol–water partition coefficient (Wildman–Crippen LogP) is 5.00. The fourth-order valence-electron chi connectivity index (χ4n) is 6.61. The highest BCUT2D eigenvalue weighted by molar-refractivity contribution is 6.30. The minimum absolute atomic E-state index is 0.270. The van der Waals surface area contributed by atoms with E-state index in [0.717, 1.165) is 51.0 Å². The van der Waals surface area contributed by atoms with Crippen molar-refractivity contribution in [3.05, 3.63) is 71.8 Å². The van der Waals surface area contributed by atoms with E-state index < -0.39 is 5.82 Å². The average Bonchev–Trinajstić information content (AvgIpc) is 3.76. The van der Waals surface area contributed by atoms with Gasteiger partial charge in [-0.05, 0) is 48.7 Å². The standard InChI is InChI=1S/C33H38ClFN8O3/c1-3-33(44)39-26-15-27(30(45-2)16-29(26)42-18-25(19-42)41-9-7-40(8-10-41)24-4-5-24)38-31-17-32(37-20-36-31)43-28(6-11-46-43)21-12-22(34)14-23(35)13-21/h3,12-17,20,24-25,28H,1,4-11,18-19H2,2H3,(H,39,44)(H,36,37,38). The number of hydrogen-bond donors (Lipinski definition) is 2. The second-order valence-electron chi connectivity index (χ2n) is 12.2. The van der Waals surface area contributed by atoms with E-state index >= 15 is 0 Å². The van der Waals surface area contributed by atoms with Crippen LogP contribution < -0.4 is 25.3 Å². The highest BCUT2D eigenvalue weighted by Gasteiger charge is 2.38. The minimum atomic E-state index is -0.408. The number of rotatable bonds is 10. The van der Waals surface area contributed by atoms with Gasteiger partial charge in [0.25, 0.3) is 0 Å². The van der Waals surface area contributed by atoms with Crippen LogP contribution in [0.2, 0.25) is 5.02 Å². The number of aromatic nitrogens is 2. The van der Waals surface area contributed by atoms with E-state index in [9.17, 15) is 9.18 Å². The second kappa shape index (κ2) is 13.0. The van der Waals surface area contributed by atoms with Crippen LogP contribution in [0, 0.1) is 5.82 Å². The third-order valence-electron chi connectivity index (χ3n) is 9.21. The number of ether oxygens (including phenoxy) is 1. The Morgan fingerprint density at radius 3 is 2.48 bits per heavy atom. The number of hydroxylamine groups is 1. The average molecular weight is 649 g/mol. The first kappa shape index (κ1) is 30.7. The molecule has 1 atom stereocenters. The first-order chi connectivity index (χ1) is 22.4. The number of anilines is 5. The fraction of sp³-hybridized carbons (Fsp3) is 0.424. The molecule has 2 aromatic carbocycles. The van der Waals surface area contributed by atoms with Crippen LogP contribution in [0.4, 0.5) is 33.1 Å². The highest BCUT2D eigenvalue weighted by Crippen LogP contribution is 2.41. The van der Waals surface area contributed by atoms with Gasteiger partial charge in [0, 0.05) is 74.9 Å². The maximum absolute atomic E-state index is 14.1. The van der Waals surface area contributed by atoms with Crippen molar-refractivity contribution in [3.8, 4) is 5.75 Å². The van der Waals surface area contributed by atoms with Crippen molar-refractivity contribution < 1.29 is 18.8 Å². The summed E-state index contributed by atoms with van der Waals surface area (Å²) >= 11 is 6.14. The van der Waals surface area contributed by atoms with Crippen molar-refractivity contribution in [2.75, 3.05) is 73.6 Å². The number of nitrogens with zero attached hydrogens (tertiary/aromatic N) is 6. The molecule has 13 heteroatoms. The van der Waals surface area contributed by atoms with Crippen molar-refractivity contribution in [2.45, 2.75) is 37.4 Å². The Morgan fingerprint density at radius 2 is 1.78 bits per heavy atom. The molecule has 1 aliphatic carbocycles. The molecule has 3 aliphatic heterocycles. The van der Waals surface area contributed by atoms with Gasteiger partial charge in [-0.25, -0.2) is 19.4 Å². The molecule has 11 nitrogen and oxygen atoms in total. The summed E-state index contributed by atoms with van der Waals surface area (Å²) in [6, 6.07) is 11.0. The number of methoxy groups -OCH3 is 1. The molecule has 3 saturated heterocycles. The molecule has 4 heterocycles. The van der Waals surface area contributed by atoms with Gasteiger partial charge in [-0.1, -0.05) is 18.2 Å². The molecule has 4 fully saturated rings. The molecule has 1 saturated carbocycles. The summed E-state index contributed by atoms with van der Waals surface area (Å²) in [5.41, 5.74) is 2.84. The van der Waals surface area contributed by atoms with Crippen LogP contribution in [0.1, 0.15) is 30.9 Å². The van der Waals surface area contributed by atoms with Gasteiger partial charge in [-0.15, -0.1) is 0 Å². The first-order valence-corrected chi connectivity index (χ1v) is 16.1. The lowest BCUT2D eigenvalue weighted by Crippen LogP contribution is -2.63. The van der Waals surface area contributed by atoms with E-state index in [1.165, 1.54) is 37.4 Å². The molecule has 0 radical (unpaired) electrons. The second-order valence-corrected chi connectivity index (χ2v) is 12.6. The Labute approximate surface area is 272 Å². The number of piperazine rings is 1. The monoisotopic (exact) mass is 648 g/mol. The lowest BCUT2D eigenvalue weighted by atomic mass is 10.0. The predicted molar refractivity (Wildman–Crippen MR) is 177 cm³/mol. The van der Waals surface area contributed by atoms with Crippen molar-refractivity contribution in [1.82, 2.24) is 19.8 Å². The molecule has 242 valence electrons. The molecule has 3 aromatic rings. The van der Waals surface area contributed by atoms with Crippen LogP contribution >= 0.6 is 11.6 Å². The Kier molecular flexibility index (Phi) is 8.69. The largest absolute Gasteiger partial charge is 0.494 e. The zero-order valence-corrected chi connectivity index (χ0v) is 26.5. The Balaban J connectivity index is 1.09. The summed E-state index contributed by atoms with van der Waals surface area (Å²) in [7, 11) is 1.61. The van der Waals surface area contributed by atoms with Gasteiger partial charge in [0.05, 0.1) is 36.8 Å². The van der Waals surface area contributed by atoms with Gasteiger partial charge in [-0.2, -0.15) is 0 Å². The lowest BCUT2D eigenvalue weighted by molar-refractivity contribution is -0.111. The maximum atomic E-state index is 14.1. The summed E-state index contributed by atoms with van der Waals surface area (Å²) < 4.78 is 20.0. The van der Waals surface area contributed by atoms with Gasteiger partial charge < -0.3 is 20.3 Å². The number of hydrogen-bond acceptors (Lipinski definition) is 10. The lowest BCUT2D eigenvalue weighted by Gasteiger charge is -2.49. The molecular weight excluding hydrogens is 611 g/mol. The van der Waals surface area contributed by atoms with E-state index in [2.05, 4.69) is 41.9 Å². The molecule has 7 rings (SSSR count).